The minimum atomic E-state index is 0.858. The summed E-state index contributed by atoms with van der Waals surface area (Å²) in [6, 6.07) is 0. The van der Waals surface area contributed by atoms with E-state index in [0.717, 1.165) is 10.8 Å². The fourth-order valence-electron chi connectivity index (χ4n) is 6.03. The van der Waals surface area contributed by atoms with E-state index < -0.39 is 0 Å². The summed E-state index contributed by atoms with van der Waals surface area (Å²) in [7, 11) is 0. The second-order valence-electron chi connectivity index (χ2n) is 8.89. The topological polar surface area (TPSA) is 0 Å². The molecule has 0 heterocycles. The Hall–Kier alpha value is 0. The van der Waals surface area contributed by atoms with Crippen LogP contribution in [-0.2, 0) is 0 Å². The molecule has 0 saturated heterocycles. The van der Waals surface area contributed by atoms with Gasteiger partial charge in [0.1, 0.15) is 0 Å². The average molecular weight is 291 g/mol. The molecule has 4 fully saturated rings. The highest BCUT2D eigenvalue weighted by atomic mass is 14.4. The fraction of sp³-hybridized carbons (Fsp3) is 1.00. The third-order valence-corrected chi connectivity index (χ3v) is 7.41. The molecule has 0 unspecified atom stereocenters. The Morgan fingerprint density at radius 2 is 0.429 bits per heavy atom. The summed E-state index contributed by atoms with van der Waals surface area (Å²) in [4.78, 5) is 0. The summed E-state index contributed by atoms with van der Waals surface area (Å²) < 4.78 is 0. The van der Waals surface area contributed by atoms with E-state index in [4.69, 9.17) is 0 Å². The van der Waals surface area contributed by atoms with Gasteiger partial charge in [-0.2, -0.15) is 0 Å². The first-order valence-electron chi connectivity index (χ1n) is 10.3. The van der Waals surface area contributed by atoms with Crippen LogP contribution in [0.15, 0.2) is 0 Å². The lowest BCUT2D eigenvalue weighted by Crippen LogP contribution is -2.19. The van der Waals surface area contributed by atoms with Crippen LogP contribution in [0.2, 0.25) is 0 Å². The van der Waals surface area contributed by atoms with Crippen LogP contribution >= 0.6 is 0 Å². The van der Waals surface area contributed by atoms with Crippen LogP contribution in [-0.4, -0.2) is 0 Å². The molecule has 0 N–H and O–H groups in total. The Kier molecular flexibility index (Phi) is 5.68. The van der Waals surface area contributed by atoms with Crippen molar-refractivity contribution < 1.29 is 0 Å². The van der Waals surface area contributed by atoms with Crippen LogP contribution < -0.4 is 0 Å². The molecule has 0 atom stereocenters. The number of hydrogen-bond acceptors (Lipinski definition) is 0. The van der Waals surface area contributed by atoms with E-state index in [1.807, 2.05) is 0 Å². The third kappa shape index (κ3) is 4.26. The molecule has 4 aliphatic rings. The third-order valence-electron chi connectivity index (χ3n) is 7.41. The van der Waals surface area contributed by atoms with E-state index in [1.165, 1.54) is 70.6 Å². The van der Waals surface area contributed by atoms with Crippen molar-refractivity contribution in [2.45, 2.75) is 122 Å². The lowest BCUT2D eigenvalue weighted by molar-refractivity contribution is 0.197. The molecule has 0 aromatic rings. The Labute approximate surface area is 133 Å². The number of rotatable bonds is 0. The zero-order valence-corrected chi connectivity index (χ0v) is 14.4. The first-order valence-corrected chi connectivity index (χ1v) is 10.3. The molecule has 0 bridgehead atoms. The van der Waals surface area contributed by atoms with Crippen LogP contribution in [0.3, 0.4) is 0 Å². The first kappa shape index (κ1) is 15.9. The number of hydrogen-bond donors (Lipinski definition) is 0. The van der Waals surface area contributed by atoms with Gasteiger partial charge < -0.3 is 0 Å². The Bertz CT molecular complexity index is 273. The maximum absolute atomic E-state index is 1.56. The summed E-state index contributed by atoms with van der Waals surface area (Å²) in [5, 5.41) is 0. The van der Waals surface area contributed by atoms with E-state index in [-0.39, 0.29) is 0 Å². The minimum Gasteiger partial charge on any atom is -0.0533 e. The molecule has 2 spiro atoms. The summed E-state index contributed by atoms with van der Waals surface area (Å²) in [5.74, 6) is 0. The van der Waals surface area contributed by atoms with Crippen molar-refractivity contribution in [3.63, 3.8) is 0 Å². The van der Waals surface area contributed by atoms with E-state index in [9.17, 15) is 0 Å². The second kappa shape index (κ2) is 7.51. The Morgan fingerprint density at radius 3 is 0.714 bits per heavy atom. The van der Waals surface area contributed by atoms with Crippen molar-refractivity contribution in [1.29, 1.82) is 0 Å². The maximum atomic E-state index is 1.56. The molecular weight excluding hydrogens is 252 g/mol. The second-order valence-corrected chi connectivity index (χ2v) is 8.89. The predicted octanol–water partition coefficient (Wildman–Crippen LogP) is 7.41. The van der Waals surface area contributed by atoms with Crippen LogP contribution in [0.25, 0.3) is 0 Å². The molecule has 122 valence electrons. The molecule has 0 aromatic heterocycles. The zero-order chi connectivity index (χ0) is 14.4. The molecule has 4 rings (SSSR count). The van der Waals surface area contributed by atoms with Crippen molar-refractivity contribution >= 4 is 0 Å². The minimum absolute atomic E-state index is 0.858. The van der Waals surface area contributed by atoms with Gasteiger partial charge in [-0.1, -0.05) is 70.6 Å². The van der Waals surface area contributed by atoms with Gasteiger partial charge in [-0.25, -0.2) is 0 Å². The largest absolute Gasteiger partial charge is 0.0533 e. The zero-order valence-electron chi connectivity index (χ0n) is 14.4. The molecule has 4 aliphatic carbocycles. The monoisotopic (exact) mass is 290 g/mol. The van der Waals surface area contributed by atoms with Gasteiger partial charge in [0.05, 0.1) is 0 Å². The summed E-state index contributed by atoms with van der Waals surface area (Å²) in [6.45, 7) is 0. The summed E-state index contributed by atoms with van der Waals surface area (Å²) in [6.07, 6.45) is 29.3. The molecular formula is C21H38. The molecule has 0 heteroatoms. The van der Waals surface area contributed by atoms with Crippen LogP contribution in [0, 0.1) is 10.8 Å². The van der Waals surface area contributed by atoms with Gasteiger partial charge >= 0.3 is 0 Å². The van der Waals surface area contributed by atoms with Crippen molar-refractivity contribution in [2.24, 2.45) is 10.8 Å². The van der Waals surface area contributed by atoms with Gasteiger partial charge in [-0.3, -0.25) is 0 Å². The fourth-order valence-corrected chi connectivity index (χ4v) is 6.03. The van der Waals surface area contributed by atoms with Crippen LogP contribution in [0.1, 0.15) is 122 Å². The predicted molar refractivity (Wildman–Crippen MR) is 92.6 cm³/mol. The standard InChI is InChI=1S/C11H20.C10H18/c1-2-4-8-11(7-3-1)9-5-6-10-11;1-2-6-10(7-3-1)8-4-5-9-10/h1-10H2;1-9H2. The Morgan fingerprint density at radius 1 is 0.238 bits per heavy atom. The molecule has 4 saturated carbocycles. The average Bonchev–Trinajstić information content (AvgIpc) is 3.08. The van der Waals surface area contributed by atoms with Crippen molar-refractivity contribution in [3.8, 4) is 0 Å². The first-order chi connectivity index (χ1) is 10.3. The van der Waals surface area contributed by atoms with Crippen molar-refractivity contribution in [1.82, 2.24) is 0 Å². The van der Waals surface area contributed by atoms with Gasteiger partial charge in [-0.05, 0) is 62.2 Å². The molecule has 21 heavy (non-hydrogen) atoms. The highest BCUT2D eigenvalue weighted by Gasteiger charge is 2.34. The van der Waals surface area contributed by atoms with Gasteiger partial charge in [0.2, 0.25) is 0 Å². The smallest absolute Gasteiger partial charge is 0.0297 e. The van der Waals surface area contributed by atoms with E-state index >= 15 is 0 Å². The Balaban J connectivity index is 0.000000126. The highest BCUT2D eigenvalue weighted by molar-refractivity contribution is 4.87. The molecule has 0 amide bonds. The van der Waals surface area contributed by atoms with Gasteiger partial charge in [-0.15, -0.1) is 0 Å². The molecule has 0 nitrogen and oxygen atoms in total. The molecule has 0 radical (unpaired) electrons. The molecule has 0 aromatic carbocycles. The SMILES string of the molecule is C1CCC2(CC1)CCCC2.C1CCCC2(CC1)CCCC2. The van der Waals surface area contributed by atoms with Crippen LogP contribution in [0.4, 0.5) is 0 Å². The van der Waals surface area contributed by atoms with E-state index in [2.05, 4.69) is 0 Å². The van der Waals surface area contributed by atoms with E-state index in [1.54, 1.807) is 51.4 Å². The van der Waals surface area contributed by atoms with Gasteiger partial charge in [0.15, 0.2) is 0 Å². The van der Waals surface area contributed by atoms with Gasteiger partial charge in [0.25, 0.3) is 0 Å². The maximum Gasteiger partial charge on any atom is -0.0297 e. The quantitative estimate of drug-likeness (QED) is 0.435. The lowest BCUT2D eigenvalue weighted by atomic mass is 9.73. The molecule has 0 aliphatic heterocycles. The lowest BCUT2D eigenvalue weighted by Gasteiger charge is -2.32. The van der Waals surface area contributed by atoms with Gasteiger partial charge in [0, 0.05) is 0 Å². The summed E-state index contributed by atoms with van der Waals surface area (Å²) >= 11 is 0. The van der Waals surface area contributed by atoms with Crippen molar-refractivity contribution in [2.75, 3.05) is 0 Å². The highest BCUT2D eigenvalue weighted by Crippen LogP contribution is 2.49. The summed E-state index contributed by atoms with van der Waals surface area (Å²) in [5.41, 5.74) is 1.73. The van der Waals surface area contributed by atoms with Crippen molar-refractivity contribution in [3.05, 3.63) is 0 Å². The normalized spacial score (nSPS) is 30.9. The van der Waals surface area contributed by atoms with E-state index in [0.29, 0.717) is 0 Å². The van der Waals surface area contributed by atoms with Crippen LogP contribution in [0.5, 0.6) is 0 Å².